The summed E-state index contributed by atoms with van der Waals surface area (Å²) in [5.41, 5.74) is 8.79. The first-order chi connectivity index (χ1) is 16.4. The van der Waals surface area contributed by atoms with Gasteiger partial charge >= 0.3 is 5.97 Å². The van der Waals surface area contributed by atoms with E-state index in [1.54, 1.807) is 0 Å². The van der Waals surface area contributed by atoms with Crippen LogP contribution in [0.2, 0.25) is 0 Å². The van der Waals surface area contributed by atoms with Crippen LogP contribution < -0.4 is 5.73 Å². The minimum Gasteiger partial charge on any atom is -0.480 e. The fourth-order valence-electron chi connectivity index (χ4n) is 4.13. The van der Waals surface area contributed by atoms with Gasteiger partial charge in [-0.2, -0.15) is 0 Å². The minimum atomic E-state index is -0.863. The molecule has 3 aromatic carbocycles. The number of likely N-dealkylation sites (N-methyl/N-ethyl adjacent to an activating group) is 1. The van der Waals surface area contributed by atoms with Crippen LogP contribution in [0.25, 0.3) is 0 Å². The number of carbonyl (C=O) groups is 2. The van der Waals surface area contributed by atoms with Gasteiger partial charge in [0.15, 0.2) is 0 Å². The average Bonchev–Trinajstić information content (AvgIpc) is 2.85. The summed E-state index contributed by atoms with van der Waals surface area (Å²) in [6.07, 6.45) is 0.910. The lowest BCUT2D eigenvalue weighted by atomic mass is 10.0. The number of carboxylic acids is 1. The fraction of sp³-hybridized carbons (Fsp3) is 0.286. The number of aliphatic carboxylic acids is 1. The van der Waals surface area contributed by atoms with Crippen molar-refractivity contribution in [3.8, 4) is 0 Å². The molecule has 34 heavy (non-hydrogen) atoms. The van der Waals surface area contributed by atoms with Gasteiger partial charge < -0.3 is 10.8 Å². The highest BCUT2D eigenvalue weighted by atomic mass is 16.4. The van der Waals surface area contributed by atoms with Crippen LogP contribution >= 0.6 is 0 Å². The molecule has 0 fully saturated rings. The number of benzene rings is 3. The zero-order chi connectivity index (χ0) is 24.3. The Morgan fingerprint density at radius 3 is 1.62 bits per heavy atom. The second-order valence-corrected chi connectivity index (χ2v) is 8.59. The molecule has 0 radical (unpaired) electrons. The van der Waals surface area contributed by atoms with E-state index in [0.29, 0.717) is 32.5 Å². The number of amides is 1. The van der Waals surface area contributed by atoms with Gasteiger partial charge in [0, 0.05) is 19.6 Å². The molecule has 3 N–H and O–H groups in total. The molecular weight excluding hydrogens is 426 g/mol. The number of hydrogen-bond donors (Lipinski definition) is 2. The molecule has 3 rings (SSSR count). The lowest BCUT2D eigenvalue weighted by Crippen LogP contribution is -2.49. The molecule has 6 heteroatoms. The maximum atomic E-state index is 12.3. The van der Waals surface area contributed by atoms with Crippen molar-refractivity contribution in [3.63, 3.8) is 0 Å². The van der Waals surface area contributed by atoms with Crippen LogP contribution in [0.4, 0.5) is 0 Å². The lowest BCUT2D eigenvalue weighted by Gasteiger charge is -2.32. The van der Waals surface area contributed by atoms with Gasteiger partial charge in [-0.25, -0.2) is 0 Å². The van der Waals surface area contributed by atoms with E-state index in [-0.39, 0.29) is 5.91 Å². The molecular formula is C28H33N3O3. The average molecular weight is 460 g/mol. The molecule has 0 saturated heterocycles. The molecule has 0 aromatic heterocycles. The molecule has 2 atom stereocenters. The number of primary amides is 1. The Labute approximate surface area is 201 Å². The minimum absolute atomic E-state index is 0.389. The van der Waals surface area contributed by atoms with Crippen LogP contribution in [0, 0.1) is 0 Å². The van der Waals surface area contributed by atoms with E-state index < -0.39 is 18.1 Å². The Morgan fingerprint density at radius 1 is 0.735 bits per heavy atom. The largest absolute Gasteiger partial charge is 0.480 e. The molecule has 1 amide bonds. The van der Waals surface area contributed by atoms with Gasteiger partial charge in [0.2, 0.25) is 5.91 Å². The summed E-state index contributed by atoms with van der Waals surface area (Å²) in [4.78, 5) is 28.5. The SMILES string of the molecule is CN(CCN(Cc1ccccc1)[C@@H](Cc1ccccc1)C(=O)O)[C@@H](Cc1ccccc1)C(N)=O. The summed E-state index contributed by atoms with van der Waals surface area (Å²) < 4.78 is 0. The number of carbonyl (C=O) groups excluding carboxylic acids is 1. The Kier molecular flexibility index (Phi) is 9.38. The zero-order valence-corrected chi connectivity index (χ0v) is 19.6. The van der Waals surface area contributed by atoms with E-state index in [1.807, 2.05) is 108 Å². The van der Waals surface area contributed by atoms with Crippen LogP contribution in [0.5, 0.6) is 0 Å². The smallest absolute Gasteiger partial charge is 0.321 e. The molecule has 3 aromatic rings. The van der Waals surface area contributed by atoms with Crippen LogP contribution in [0.3, 0.4) is 0 Å². The summed E-state index contributed by atoms with van der Waals surface area (Å²) in [5, 5.41) is 10.1. The topological polar surface area (TPSA) is 86.9 Å². The van der Waals surface area contributed by atoms with E-state index in [4.69, 9.17) is 5.73 Å². The van der Waals surface area contributed by atoms with Crippen molar-refractivity contribution in [2.75, 3.05) is 20.1 Å². The third kappa shape index (κ3) is 7.54. The normalized spacial score (nSPS) is 13.0. The molecule has 0 aliphatic carbocycles. The molecule has 6 nitrogen and oxygen atoms in total. The molecule has 0 spiro atoms. The molecule has 0 aliphatic heterocycles. The molecule has 0 heterocycles. The number of nitrogens with zero attached hydrogens (tertiary/aromatic N) is 2. The van der Waals surface area contributed by atoms with Crippen molar-refractivity contribution in [2.24, 2.45) is 5.73 Å². The molecule has 178 valence electrons. The zero-order valence-electron chi connectivity index (χ0n) is 19.6. The third-order valence-corrected chi connectivity index (χ3v) is 6.10. The van der Waals surface area contributed by atoms with Gasteiger partial charge in [0.1, 0.15) is 6.04 Å². The highest BCUT2D eigenvalue weighted by Gasteiger charge is 2.28. The number of carboxylic acid groups (broad SMARTS) is 1. The Hall–Kier alpha value is -3.48. The highest BCUT2D eigenvalue weighted by molar-refractivity contribution is 5.80. The Bertz CT molecular complexity index is 1030. The van der Waals surface area contributed by atoms with Crippen LogP contribution in [-0.2, 0) is 29.0 Å². The maximum absolute atomic E-state index is 12.3. The molecule has 0 saturated carbocycles. The fourth-order valence-corrected chi connectivity index (χ4v) is 4.13. The molecule has 0 bridgehead atoms. The molecule has 0 unspecified atom stereocenters. The van der Waals surface area contributed by atoms with Crippen molar-refractivity contribution in [3.05, 3.63) is 108 Å². The van der Waals surface area contributed by atoms with E-state index in [0.717, 1.165) is 16.7 Å². The van der Waals surface area contributed by atoms with E-state index in [1.165, 1.54) is 0 Å². The number of hydrogen-bond acceptors (Lipinski definition) is 4. The highest BCUT2D eigenvalue weighted by Crippen LogP contribution is 2.15. The van der Waals surface area contributed by atoms with Crippen molar-refractivity contribution < 1.29 is 14.7 Å². The van der Waals surface area contributed by atoms with Crippen molar-refractivity contribution in [1.29, 1.82) is 0 Å². The standard InChI is InChI=1S/C28H33N3O3/c1-30(25(27(29)32)19-22-11-5-2-6-12-22)17-18-31(21-24-15-9-4-10-16-24)26(28(33)34)20-23-13-7-3-8-14-23/h2-16,25-26H,17-21H2,1H3,(H2,29,32)(H,33,34)/t25-,26-/m0/s1. The summed E-state index contributed by atoms with van der Waals surface area (Å²) in [5.74, 6) is -1.25. The van der Waals surface area contributed by atoms with Gasteiger partial charge in [-0.1, -0.05) is 91.0 Å². The van der Waals surface area contributed by atoms with Gasteiger partial charge in [0.05, 0.1) is 6.04 Å². The maximum Gasteiger partial charge on any atom is 0.321 e. The third-order valence-electron chi connectivity index (χ3n) is 6.10. The van der Waals surface area contributed by atoms with Crippen molar-refractivity contribution in [2.45, 2.75) is 31.5 Å². The Morgan fingerprint density at radius 2 is 1.18 bits per heavy atom. The summed E-state index contributed by atoms with van der Waals surface area (Å²) >= 11 is 0. The second-order valence-electron chi connectivity index (χ2n) is 8.59. The monoisotopic (exact) mass is 459 g/mol. The summed E-state index contributed by atoms with van der Waals surface area (Å²) in [6, 6.07) is 28.1. The van der Waals surface area contributed by atoms with Gasteiger partial charge in [-0.05, 0) is 36.6 Å². The van der Waals surface area contributed by atoms with Crippen LogP contribution in [0.1, 0.15) is 16.7 Å². The van der Waals surface area contributed by atoms with E-state index >= 15 is 0 Å². The van der Waals surface area contributed by atoms with E-state index in [2.05, 4.69) is 0 Å². The predicted octanol–water partition coefficient (Wildman–Crippen LogP) is 3.21. The van der Waals surface area contributed by atoms with Crippen molar-refractivity contribution in [1.82, 2.24) is 9.80 Å². The van der Waals surface area contributed by atoms with Crippen LogP contribution in [0.15, 0.2) is 91.0 Å². The molecule has 0 aliphatic rings. The summed E-state index contributed by atoms with van der Waals surface area (Å²) in [7, 11) is 1.87. The number of nitrogens with two attached hydrogens (primary N) is 1. The van der Waals surface area contributed by atoms with Gasteiger partial charge in [-0.3, -0.25) is 19.4 Å². The van der Waals surface area contributed by atoms with E-state index in [9.17, 15) is 14.7 Å². The quantitative estimate of drug-likeness (QED) is 0.410. The van der Waals surface area contributed by atoms with Gasteiger partial charge in [0.25, 0.3) is 0 Å². The summed E-state index contributed by atoms with van der Waals surface area (Å²) in [6.45, 7) is 1.48. The first-order valence-corrected chi connectivity index (χ1v) is 11.5. The first kappa shape index (κ1) is 25.1. The van der Waals surface area contributed by atoms with Crippen molar-refractivity contribution >= 4 is 11.9 Å². The second kappa shape index (κ2) is 12.7. The van der Waals surface area contributed by atoms with Gasteiger partial charge in [-0.15, -0.1) is 0 Å². The van der Waals surface area contributed by atoms with Crippen LogP contribution in [-0.4, -0.2) is 59.0 Å². The number of rotatable bonds is 13. The lowest BCUT2D eigenvalue weighted by molar-refractivity contribution is -0.143. The first-order valence-electron chi connectivity index (χ1n) is 11.5. The Balaban J connectivity index is 1.76. The predicted molar refractivity (Wildman–Crippen MR) is 134 cm³/mol.